The number of hydrogen-bond acceptors (Lipinski definition) is 3. The third-order valence-corrected chi connectivity index (χ3v) is 4.69. The van der Waals surface area contributed by atoms with E-state index in [-0.39, 0.29) is 0 Å². The summed E-state index contributed by atoms with van der Waals surface area (Å²) in [7, 11) is 0. The van der Waals surface area contributed by atoms with Crippen LogP contribution < -0.4 is 5.73 Å². The Bertz CT molecular complexity index is 379. The van der Waals surface area contributed by atoms with E-state index < -0.39 is 0 Å². The van der Waals surface area contributed by atoms with E-state index >= 15 is 0 Å². The summed E-state index contributed by atoms with van der Waals surface area (Å²) in [5.41, 5.74) is 5.84. The molecule has 0 saturated heterocycles. The molecular formula is C13H19ClN2S2. The van der Waals surface area contributed by atoms with Crippen molar-refractivity contribution in [3.8, 4) is 0 Å². The minimum absolute atomic E-state index is 0.321. The Morgan fingerprint density at radius 3 is 2.61 bits per heavy atom. The molecule has 0 heterocycles. The lowest BCUT2D eigenvalue weighted by atomic mass is 10.3. The molecule has 0 spiro atoms. The van der Waals surface area contributed by atoms with E-state index in [1.165, 1.54) is 4.90 Å². The summed E-state index contributed by atoms with van der Waals surface area (Å²) in [5, 5.41) is 1.47. The van der Waals surface area contributed by atoms with Crippen LogP contribution in [0.1, 0.15) is 20.3 Å². The van der Waals surface area contributed by atoms with Crippen LogP contribution >= 0.6 is 35.1 Å². The van der Waals surface area contributed by atoms with Gasteiger partial charge in [-0.3, -0.25) is 4.99 Å². The summed E-state index contributed by atoms with van der Waals surface area (Å²) >= 11 is 9.26. The van der Waals surface area contributed by atoms with E-state index in [1.807, 2.05) is 24.3 Å². The van der Waals surface area contributed by atoms with Crippen LogP contribution in [0.15, 0.2) is 34.2 Å². The summed E-state index contributed by atoms with van der Waals surface area (Å²) in [5.74, 6) is 1.99. The number of halogens is 1. The Hall–Kier alpha value is -0.320. The predicted molar refractivity (Wildman–Crippen MR) is 86.0 cm³/mol. The van der Waals surface area contributed by atoms with Crippen LogP contribution in [0, 0.1) is 0 Å². The molecule has 1 aromatic rings. The summed E-state index contributed by atoms with van der Waals surface area (Å²) in [6.45, 7) is 4.19. The molecule has 0 saturated carbocycles. The lowest BCUT2D eigenvalue weighted by Gasteiger charge is -2.05. The zero-order valence-electron chi connectivity index (χ0n) is 10.7. The third-order valence-electron chi connectivity index (χ3n) is 2.35. The largest absolute Gasteiger partial charge is 0.379 e. The van der Waals surface area contributed by atoms with Crippen molar-refractivity contribution < 1.29 is 0 Å². The monoisotopic (exact) mass is 302 g/mol. The van der Waals surface area contributed by atoms with Gasteiger partial charge in [0.15, 0.2) is 5.17 Å². The van der Waals surface area contributed by atoms with E-state index in [0.29, 0.717) is 11.2 Å². The number of thioether (sulfide) groups is 2. The SMILES string of the molecule is CC[C@@H](C)N=C(N)SCCSc1ccc(Cl)cc1. The first-order valence-electron chi connectivity index (χ1n) is 5.96. The fraction of sp³-hybridized carbons (Fsp3) is 0.462. The van der Waals surface area contributed by atoms with Gasteiger partial charge in [0.2, 0.25) is 0 Å². The number of aliphatic imine (C=N–C) groups is 1. The van der Waals surface area contributed by atoms with Crippen molar-refractivity contribution in [1.29, 1.82) is 0 Å². The molecule has 1 rings (SSSR count). The van der Waals surface area contributed by atoms with Gasteiger partial charge >= 0.3 is 0 Å². The van der Waals surface area contributed by atoms with Crippen LogP contribution in [0.25, 0.3) is 0 Å². The Balaban J connectivity index is 2.22. The van der Waals surface area contributed by atoms with Gasteiger partial charge in [-0.25, -0.2) is 0 Å². The predicted octanol–water partition coefficient (Wildman–Crippen LogP) is 4.28. The van der Waals surface area contributed by atoms with Crippen LogP contribution in [-0.4, -0.2) is 22.7 Å². The zero-order valence-corrected chi connectivity index (χ0v) is 13.1. The highest BCUT2D eigenvalue weighted by atomic mass is 35.5. The van der Waals surface area contributed by atoms with E-state index in [9.17, 15) is 0 Å². The molecule has 0 radical (unpaired) electrons. The van der Waals surface area contributed by atoms with Gasteiger partial charge in [-0.1, -0.05) is 30.3 Å². The van der Waals surface area contributed by atoms with Gasteiger partial charge in [-0.15, -0.1) is 11.8 Å². The number of nitrogens with two attached hydrogens (primary N) is 1. The Morgan fingerprint density at radius 1 is 1.33 bits per heavy atom. The maximum absolute atomic E-state index is 5.84. The molecule has 0 aromatic heterocycles. The summed E-state index contributed by atoms with van der Waals surface area (Å²) in [6, 6.07) is 8.22. The zero-order chi connectivity index (χ0) is 13.4. The smallest absolute Gasteiger partial charge is 0.154 e. The quantitative estimate of drug-likeness (QED) is 0.369. The van der Waals surface area contributed by atoms with Gasteiger partial charge in [-0.2, -0.15) is 0 Å². The van der Waals surface area contributed by atoms with E-state index in [0.717, 1.165) is 22.9 Å². The van der Waals surface area contributed by atoms with Gasteiger partial charge in [0.1, 0.15) is 0 Å². The maximum atomic E-state index is 5.84. The third kappa shape index (κ3) is 6.57. The van der Waals surface area contributed by atoms with Crippen molar-refractivity contribution in [1.82, 2.24) is 0 Å². The van der Waals surface area contributed by atoms with Crippen molar-refractivity contribution in [2.45, 2.75) is 31.2 Å². The minimum Gasteiger partial charge on any atom is -0.379 e. The topological polar surface area (TPSA) is 38.4 Å². The highest BCUT2D eigenvalue weighted by molar-refractivity contribution is 8.14. The molecular weight excluding hydrogens is 284 g/mol. The Morgan fingerprint density at radius 2 is 2.00 bits per heavy atom. The molecule has 2 N–H and O–H groups in total. The lowest BCUT2D eigenvalue weighted by molar-refractivity contribution is 0.718. The molecule has 0 bridgehead atoms. The van der Waals surface area contributed by atoms with Crippen LogP contribution in [0.2, 0.25) is 5.02 Å². The second kappa shape index (κ2) is 8.73. The highest BCUT2D eigenvalue weighted by Gasteiger charge is 1.99. The van der Waals surface area contributed by atoms with Gasteiger partial charge in [-0.05, 0) is 37.6 Å². The van der Waals surface area contributed by atoms with Gasteiger partial charge < -0.3 is 5.73 Å². The van der Waals surface area contributed by atoms with Crippen molar-refractivity contribution in [3.05, 3.63) is 29.3 Å². The van der Waals surface area contributed by atoms with Crippen LogP contribution in [0.3, 0.4) is 0 Å². The first kappa shape index (κ1) is 15.7. The van der Waals surface area contributed by atoms with E-state index in [2.05, 4.69) is 18.8 Å². The van der Waals surface area contributed by atoms with Crippen molar-refractivity contribution in [2.24, 2.45) is 10.7 Å². The molecule has 0 fully saturated rings. The Kier molecular flexibility index (Phi) is 7.63. The van der Waals surface area contributed by atoms with Gasteiger partial charge in [0.25, 0.3) is 0 Å². The summed E-state index contributed by atoms with van der Waals surface area (Å²) in [6.07, 6.45) is 1.03. The molecule has 0 amide bonds. The van der Waals surface area contributed by atoms with E-state index in [4.69, 9.17) is 17.3 Å². The average molecular weight is 303 g/mol. The first-order valence-corrected chi connectivity index (χ1v) is 8.31. The van der Waals surface area contributed by atoms with Crippen molar-refractivity contribution >= 4 is 40.3 Å². The van der Waals surface area contributed by atoms with Crippen molar-refractivity contribution in [2.75, 3.05) is 11.5 Å². The molecule has 0 aliphatic rings. The summed E-state index contributed by atoms with van der Waals surface area (Å²) in [4.78, 5) is 5.62. The second-order valence-electron chi connectivity index (χ2n) is 3.88. The van der Waals surface area contributed by atoms with Crippen LogP contribution in [-0.2, 0) is 0 Å². The van der Waals surface area contributed by atoms with E-state index in [1.54, 1.807) is 23.5 Å². The van der Waals surface area contributed by atoms with Crippen LogP contribution in [0.4, 0.5) is 0 Å². The van der Waals surface area contributed by atoms with Gasteiger partial charge in [0, 0.05) is 27.5 Å². The number of rotatable bonds is 6. The lowest BCUT2D eigenvalue weighted by Crippen LogP contribution is -2.12. The first-order chi connectivity index (χ1) is 8.61. The average Bonchev–Trinajstić information content (AvgIpc) is 2.36. The fourth-order valence-corrected chi connectivity index (χ4v) is 3.00. The molecule has 0 aliphatic carbocycles. The maximum Gasteiger partial charge on any atom is 0.154 e. The van der Waals surface area contributed by atoms with Gasteiger partial charge in [0.05, 0.1) is 0 Å². The molecule has 0 unspecified atom stereocenters. The molecule has 5 heteroatoms. The fourth-order valence-electron chi connectivity index (χ4n) is 1.18. The minimum atomic E-state index is 0.321. The molecule has 100 valence electrons. The molecule has 1 aromatic carbocycles. The van der Waals surface area contributed by atoms with Crippen molar-refractivity contribution in [3.63, 3.8) is 0 Å². The molecule has 1 atom stereocenters. The standard InChI is InChI=1S/C13H19ClN2S2/c1-3-10(2)16-13(15)18-9-8-17-12-6-4-11(14)5-7-12/h4-7,10H,3,8-9H2,1-2H3,(H2,15,16)/t10-/m1/s1. The highest BCUT2D eigenvalue weighted by Crippen LogP contribution is 2.21. The molecule has 2 nitrogen and oxygen atoms in total. The number of nitrogens with zero attached hydrogens (tertiary/aromatic N) is 1. The Labute approximate surface area is 123 Å². The summed E-state index contributed by atoms with van der Waals surface area (Å²) < 4.78 is 0. The normalized spacial score (nSPS) is 13.6. The van der Waals surface area contributed by atoms with Crippen LogP contribution in [0.5, 0.6) is 0 Å². The number of amidine groups is 1. The number of hydrogen-bond donors (Lipinski definition) is 1. The second-order valence-corrected chi connectivity index (χ2v) is 6.60. The molecule has 0 aliphatic heterocycles. The molecule has 18 heavy (non-hydrogen) atoms. The number of benzene rings is 1.